The molecule has 0 fully saturated rings. The number of nitrogens with zero attached hydrogens (tertiary/aromatic N) is 1. The van der Waals surface area contributed by atoms with Gasteiger partial charge < -0.3 is 14.8 Å². The highest BCUT2D eigenvalue weighted by Crippen LogP contribution is 2.28. The summed E-state index contributed by atoms with van der Waals surface area (Å²) < 4.78 is 9.72. The van der Waals surface area contributed by atoms with Gasteiger partial charge in [-0.25, -0.2) is 0 Å². The van der Waals surface area contributed by atoms with E-state index in [9.17, 15) is 29.3 Å². The van der Waals surface area contributed by atoms with Crippen LogP contribution in [0, 0.1) is 10.1 Å². The second-order valence-electron chi connectivity index (χ2n) is 6.36. The summed E-state index contributed by atoms with van der Waals surface area (Å²) in [5.41, 5.74) is 4.09. The minimum Gasteiger partial charge on any atom is -0.497 e. The minimum absolute atomic E-state index is 0.129. The van der Waals surface area contributed by atoms with Gasteiger partial charge in [-0.2, -0.15) is 0 Å². The van der Waals surface area contributed by atoms with Gasteiger partial charge in [-0.3, -0.25) is 40.1 Å². The lowest BCUT2D eigenvalue weighted by molar-refractivity contribution is -0.383. The van der Waals surface area contributed by atoms with E-state index in [4.69, 9.17) is 21.1 Å². The SMILES string of the molecule is COc1ccc([N+](=O)[O-])c(NC(=O)COC(=O)CCC(=O)NNC(=O)c2ccc(Cl)cc2)c1. The van der Waals surface area contributed by atoms with E-state index in [2.05, 4.69) is 16.2 Å². The Balaban J connectivity index is 1.74. The van der Waals surface area contributed by atoms with Crippen molar-refractivity contribution in [3.8, 4) is 5.75 Å². The molecule has 2 aromatic rings. The molecular weight excluding hydrogens is 460 g/mol. The molecule has 0 aliphatic rings. The molecule has 0 atom stereocenters. The lowest BCUT2D eigenvalue weighted by Crippen LogP contribution is -2.41. The van der Waals surface area contributed by atoms with Crippen LogP contribution < -0.4 is 20.9 Å². The van der Waals surface area contributed by atoms with E-state index >= 15 is 0 Å². The van der Waals surface area contributed by atoms with Gasteiger partial charge in [-0.1, -0.05) is 11.6 Å². The molecule has 0 saturated carbocycles. The van der Waals surface area contributed by atoms with Crippen molar-refractivity contribution in [2.75, 3.05) is 19.0 Å². The molecule has 0 aliphatic carbocycles. The Kier molecular flexibility index (Phi) is 9.12. The average molecular weight is 479 g/mol. The number of halogens is 1. The van der Waals surface area contributed by atoms with Gasteiger partial charge in [0.2, 0.25) is 5.91 Å². The fourth-order valence-electron chi connectivity index (χ4n) is 2.38. The van der Waals surface area contributed by atoms with Crippen LogP contribution in [-0.4, -0.2) is 42.3 Å². The van der Waals surface area contributed by atoms with Gasteiger partial charge in [-0.15, -0.1) is 0 Å². The van der Waals surface area contributed by atoms with Crippen molar-refractivity contribution in [2.24, 2.45) is 0 Å². The smallest absolute Gasteiger partial charge is 0.306 e. The molecule has 12 nitrogen and oxygen atoms in total. The molecule has 174 valence electrons. The maximum Gasteiger partial charge on any atom is 0.306 e. The first-order valence-electron chi connectivity index (χ1n) is 9.32. The van der Waals surface area contributed by atoms with Crippen LogP contribution in [0.2, 0.25) is 5.02 Å². The molecule has 2 rings (SSSR count). The van der Waals surface area contributed by atoms with Gasteiger partial charge in [0.15, 0.2) is 6.61 Å². The van der Waals surface area contributed by atoms with Gasteiger partial charge in [0.05, 0.1) is 18.5 Å². The number of carbonyl (C=O) groups excluding carboxylic acids is 4. The summed E-state index contributed by atoms with van der Waals surface area (Å²) in [6.07, 6.45) is -0.683. The Hall–Kier alpha value is -4.19. The Labute approximate surface area is 192 Å². The number of hydrogen-bond acceptors (Lipinski definition) is 8. The van der Waals surface area contributed by atoms with E-state index in [-0.39, 0.29) is 35.5 Å². The van der Waals surface area contributed by atoms with Gasteiger partial charge in [-0.05, 0) is 30.3 Å². The number of ether oxygens (including phenoxy) is 2. The van der Waals surface area contributed by atoms with E-state index in [0.29, 0.717) is 5.02 Å². The monoisotopic (exact) mass is 478 g/mol. The van der Waals surface area contributed by atoms with Crippen LogP contribution in [0.15, 0.2) is 42.5 Å². The largest absolute Gasteiger partial charge is 0.497 e. The number of anilines is 1. The average Bonchev–Trinajstić information content (AvgIpc) is 2.80. The van der Waals surface area contributed by atoms with E-state index in [1.54, 1.807) is 0 Å². The number of nitro benzene ring substituents is 1. The van der Waals surface area contributed by atoms with Crippen LogP contribution in [0.25, 0.3) is 0 Å². The first kappa shape index (κ1) is 25.1. The summed E-state index contributed by atoms with van der Waals surface area (Å²) in [7, 11) is 1.35. The summed E-state index contributed by atoms with van der Waals surface area (Å²) >= 11 is 5.73. The molecule has 2 aromatic carbocycles. The predicted octanol–water partition coefficient (Wildman–Crippen LogP) is 1.98. The molecule has 3 amide bonds. The Morgan fingerprint density at radius 2 is 1.70 bits per heavy atom. The van der Waals surface area contributed by atoms with E-state index < -0.39 is 35.2 Å². The number of esters is 1. The molecule has 0 spiro atoms. The first-order valence-corrected chi connectivity index (χ1v) is 9.70. The standard InChI is InChI=1S/C20H19ClN4O8/c1-32-14-6-7-16(25(30)31)15(10-14)22-18(27)11-33-19(28)9-8-17(26)23-24-20(29)12-2-4-13(21)5-3-12/h2-7,10H,8-9,11H2,1H3,(H,22,27)(H,23,26)(H,24,29). The van der Waals surface area contributed by atoms with Crippen molar-refractivity contribution in [3.05, 3.63) is 63.2 Å². The number of rotatable bonds is 9. The van der Waals surface area contributed by atoms with Gasteiger partial charge in [0.1, 0.15) is 11.4 Å². The zero-order chi connectivity index (χ0) is 24.4. The third kappa shape index (κ3) is 8.10. The minimum atomic E-state index is -0.857. The Morgan fingerprint density at radius 1 is 1.00 bits per heavy atom. The highest BCUT2D eigenvalue weighted by Gasteiger charge is 2.18. The van der Waals surface area contributed by atoms with Crippen molar-refractivity contribution in [1.29, 1.82) is 0 Å². The molecular formula is C20H19ClN4O8. The van der Waals surface area contributed by atoms with Crippen LogP contribution in [0.5, 0.6) is 5.75 Å². The molecule has 0 aromatic heterocycles. The van der Waals surface area contributed by atoms with E-state index in [1.165, 1.54) is 43.5 Å². The van der Waals surface area contributed by atoms with E-state index in [1.807, 2.05) is 0 Å². The van der Waals surface area contributed by atoms with Gasteiger partial charge in [0, 0.05) is 29.1 Å². The third-order valence-corrected chi connectivity index (χ3v) is 4.27. The summed E-state index contributed by atoms with van der Waals surface area (Å²) in [6.45, 7) is -0.720. The number of carbonyl (C=O) groups is 4. The normalized spacial score (nSPS) is 10.0. The molecule has 0 saturated heterocycles. The number of benzene rings is 2. The Morgan fingerprint density at radius 3 is 2.33 bits per heavy atom. The molecule has 33 heavy (non-hydrogen) atoms. The lowest BCUT2D eigenvalue weighted by Gasteiger charge is -2.09. The fourth-order valence-corrected chi connectivity index (χ4v) is 2.51. The highest BCUT2D eigenvalue weighted by atomic mass is 35.5. The molecule has 3 N–H and O–H groups in total. The lowest BCUT2D eigenvalue weighted by atomic mass is 10.2. The molecule has 0 heterocycles. The third-order valence-electron chi connectivity index (χ3n) is 4.02. The second-order valence-corrected chi connectivity index (χ2v) is 6.79. The van der Waals surface area contributed by atoms with Crippen molar-refractivity contribution in [3.63, 3.8) is 0 Å². The highest BCUT2D eigenvalue weighted by molar-refractivity contribution is 6.30. The van der Waals surface area contributed by atoms with Crippen LogP contribution >= 0.6 is 11.6 Å². The second kappa shape index (κ2) is 12.0. The summed E-state index contributed by atoms with van der Waals surface area (Å²) in [5, 5.41) is 13.8. The summed E-state index contributed by atoms with van der Waals surface area (Å²) in [5.74, 6) is -2.64. The number of amides is 3. The van der Waals surface area contributed by atoms with Crippen LogP contribution in [-0.2, 0) is 19.1 Å². The first-order chi connectivity index (χ1) is 15.7. The molecule has 0 bridgehead atoms. The zero-order valence-corrected chi connectivity index (χ0v) is 18.0. The Bertz CT molecular complexity index is 1060. The van der Waals surface area contributed by atoms with Crippen molar-refractivity contribution >= 4 is 46.7 Å². The number of nitrogens with one attached hydrogen (secondary N) is 3. The summed E-state index contributed by atoms with van der Waals surface area (Å²) in [6, 6.07) is 9.72. The maximum absolute atomic E-state index is 12.0. The number of hydrogen-bond donors (Lipinski definition) is 3. The maximum atomic E-state index is 12.0. The van der Waals surface area contributed by atoms with Crippen molar-refractivity contribution in [1.82, 2.24) is 10.9 Å². The van der Waals surface area contributed by atoms with Crippen LogP contribution in [0.4, 0.5) is 11.4 Å². The molecule has 0 aliphatic heterocycles. The van der Waals surface area contributed by atoms with Crippen LogP contribution in [0.3, 0.4) is 0 Å². The molecule has 0 radical (unpaired) electrons. The zero-order valence-electron chi connectivity index (χ0n) is 17.3. The number of methoxy groups -OCH3 is 1. The van der Waals surface area contributed by atoms with Crippen LogP contribution in [0.1, 0.15) is 23.2 Å². The number of hydrazine groups is 1. The van der Waals surface area contributed by atoms with Crippen molar-refractivity contribution in [2.45, 2.75) is 12.8 Å². The van der Waals surface area contributed by atoms with Gasteiger partial charge in [0.25, 0.3) is 17.5 Å². The van der Waals surface area contributed by atoms with E-state index in [0.717, 1.165) is 6.07 Å². The molecule has 13 heteroatoms. The fraction of sp³-hybridized carbons (Fsp3) is 0.200. The van der Waals surface area contributed by atoms with Crippen molar-refractivity contribution < 1.29 is 33.6 Å². The topological polar surface area (TPSA) is 166 Å². The number of nitro groups is 1. The molecule has 0 unspecified atom stereocenters. The quantitative estimate of drug-likeness (QED) is 0.279. The predicted molar refractivity (Wildman–Crippen MR) is 116 cm³/mol. The summed E-state index contributed by atoms with van der Waals surface area (Å²) in [4.78, 5) is 57.8. The van der Waals surface area contributed by atoms with Gasteiger partial charge >= 0.3 is 5.97 Å².